The van der Waals surface area contributed by atoms with Crippen molar-refractivity contribution in [2.75, 3.05) is 6.61 Å². The van der Waals surface area contributed by atoms with Crippen molar-refractivity contribution in [3.8, 4) is 0 Å². The Hall–Kier alpha value is -0.850. The molecule has 1 unspecified atom stereocenters. The van der Waals surface area contributed by atoms with E-state index in [0.29, 0.717) is 65.4 Å². The molecule has 0 aromatic heterocycles. The molecule has 226 valence electrons. The molecule has 40 heavy (non-hydrogen) atoms. The van der Waals surface area contributed by atoms with Crippen LogP contribution in [0.25, 0.3) is 0 Å². The summed E-state index contributed by atoms with van der Waals surface area (Å²) in [5.41, 5.74) is 0.348. The molecule has 5 saturated carbocycles. The molecule has 7 fully saturated rings. The number of urea groups is 1. The highest BCUT2D eigenvalue weighted by Crippen LogP contribution is 2.71. The highest BCUT2D eigenvalue weighted by Gasteiger charge is 2.69. The summed E-state index contributed by atoms with van der Waals surface area (Å²) in [7, 11) is 0. The van der Waals surface area contributed by atoms with Gasteiger partial charge in [-0.15, -0.1) is 0 Å². The second-order valence-electron chi connectivity index (χ2n) is 16.2. The lowest BCUT2D eigenvalue weighted by atomic mass is 9.43. The number of aliphatic hydroxyl groups excluding tert-OH is 1. The number of ether oxygens (including phenoxy) is 2. The zero-order valence-corrected chi connectivity index (χ0v) is 25.6. The number of nitrogens with one attached hydrogen (secondary N) is 2. The minimum atomic E-state index is -0.351. The van der Waals surface area contributed by atoms with Gasteiger partial charge in [0, 0.05) is 24.4 Å². The third-order valence-corrected chi connectivity index (χ3v) is 14.3. The maximum absolute atomic E-state index is 13.3. The van der Waals surface area contributed by atoms with Crippen molar-refractivity contribution in [1.29, 1.82) is 0 Å². The van der Waals surface area contributed by atoms with Gasteiger partial charge in [-0.1, -0.05) is 47.0 Å². The lowest BCUT2D eigenvalue weighted by Gasteiger charge is -2.63. The third kappa shape index (κ3) is 4.23. The van der Waals surface area contributed by atoms with Crippen molar-refractivity contribution in [3.05, 3.63) is 0 Å². The van der Waals surface area contributed by atoms with Crippen molar-refractivity contribution < 1.29 is 19.4 Å². The molecule has 0 bridgehead atoms. The number of rotatable bonds is 2. The molecule has 7 aliphatic rings. The summed E-state index contributed by atoms with van der Waals surface area (Å²) >= 11 is 0. The van der Waals surface area contributed by atoms with Gasteiger partial charge in [0.05, 0.1) is 18.8 Å². The Bertz CT molecular complexity index is 960. The van der Waals surface area contributed by atoms with Crippen LogP contribution in [-0.2, 0) is 9.47 Å². The third-order valence-electron chi connectivity index (χ3n) is 14.3. The van der Waals surface area contributed by atoms with Crippen molar-refractivity contribution in [2.45, 2.75) is 148 Å². The summed E-state index contributed by atoms with van der Waals surface area (Å²) in [6, 6.07) is 0.345. The first-order valence-corrected chi connectivity index (χ1v) is 17.2. The van der Waals surface area contributed by atoms with E-state index in [1.807, 2.05) is 0 Å². The summed E-state index contributed by atoms with van der Waals surface area (Å²) in [4.78, 5) is 13.3. The highest BCUT2D eigenvalue weighted by molar-refractivity contribution is 5.74. The predicted octanol–water partition coefficient (Wildman–Crippen LogP) is 6.40. The highest BCUT2D eigenvalue weighted by atomic mass is 16.7. The molecule has 1 spiro atoms. The molecule has 6 heteroatoms. The Morgan fingerprint density at radius 2 is 1.68 bits per heavy atom. The van der Waals surface area contributed by atoms with Gasteiger partial charge in [-0.3, -0.25) is 0 Å². The van der Waals surface area contributed by atoms with Crippen LogP contribution in [0.5, 0.6) is 0 Å². The van der Waals surface area contributed by atoms with Gasteiger partial charge in [0.2, 0.25) is 0 Å². The molecule has 0 radical (unpaired) electrons. The first-order chi connectivity index (χ1) is 19.1. The zero-order chi connectivity index (χ0) is 27.9. The maximum Gasteiger partial charge on any atom is 0.315 e. The van der Waals surface area contributed by atoms with E-state index in [1.165, 1.54) is 57.8 Å². The monoisotopic (exact) mass is 556 g/mol. The van der Waals surface area contributed by atoms with Crippen LogP contribution >= 0.6 is 0 Å². The fraction of sp³-hybridized carbons (Fsp3) is 0.971. The molecular weight excluding hydrogens is 500 g/mol. The molecule has 13 atom stereocenters. The molecule has 2 heterocycles. The Labute approximate surface area is 242 Å². The normalized spacial score (nSPS) is 54.2. The number of carbonyl (C=O) groups is 1. The average Bonchev–Trinajstić information content (AvgIpc) is 3.37. The van der Waals surface area contributed by atoms with Crippen molar-refractivity contribution in [2.24, 2.45) is 52.3 Å². The van der Waals surface area contributed by atoms with E-state index in [2.05, 4.69) is 38.3 Å². The number of hydrogen-bond donors (Lipinski definition) is 3. The summed E-state index contributed by atoms with van der Waals surface area (Å²) < 4.78 is 13.5. The molecule has 0 aromatic rings. The zero-order valence-electron chi connectivity index (χ0n) is 25.6. The molecule has 6 nitrogen and oxygen atoms in total. The van der Waals surface area contributed by atoms with Gasteiger partial charge in [-0.05, 0) is 111 Å². The molecule has 5 aliphatic carbocycles. The van der Waals surface area contributed by atoms with Crippen LogP contribution in [0, 0.1) is 52.3 Å². The van der Waals surface area contributed by atoms with E-state index in [-0.39, 0.29) is 29.4 Å². The largest absolute Gasteiger partial charge is 0.393 e. The first-order valence-electron chi connectivity index (χ1n) is 17.2. The minimum Gasteiger partial charge on any atom is -0.393 e. The number of amides is 2. The number of carbonyl (C=O) groups excluding carboxylic acids is 1. The number of fused-ring (bicyclic) bond motifs is 7. The average molecular weight is 557 g/mol. The number of aliphatic hydroxyl groups is 1. The Morgan fingerprint density at radius 1 is 0.875 bits per heavy atom. The lowest BCUT2D eigenvalue weighted by molar-refractivity contribution is -0.273. The fourth-order valence-electron chi connectivity index (χ4n) is 12.2. The van der Waals surface area contributed by atoms with E-state index in [0.717, 1.165) is 32.3 Å². The summed E-state index contributed by atoms with van der Waals surface area (Å²) in [6.45, 7) is 10.7. The second-order valence-corrected chi connectivity index (χ2v) is 16.2. The summed E-state index contributed by atoms with van der Waals surface area (Å²) in [5.74, 6) is 3.78. The van der Waals surface area contributed by atoms with Gasteiger partial charge < -0.3 is 25.2 Å². The second kappa shape index (κ2) is 10.1. The van der Waals surface area contributed by atoms with E-state index < -0.39 is 0 Å². The number of hydrogen-bond acceptors (Lipinski definition) is 4. The van der Waals surface area contributed by atoms with Crippen molar-refractivity contribution in [1.82, 2.24) is 10.6 Å². The van der Waals surface area contributed by atoms with Gasteiger partial charge in [0.25, 0.3) is 0 Å². The lowest BCUT2D eigenvalue weighted by Crippen LogP contribution is -2.64. The predicted molar refractivity (Wildman–Crippen MR) is 155 cm³/mol. The quantitative estimate of drug-likeness (QED) is 0.368. The van der Waals surface area contributed by atoms with Crippen molar-refractivity contribution in [3.63, 3.8) is 0 Å². The van der Waals surface area contributed by atoms with E-state index in [4.69, 9.17) is 9.47 Å². The molecule has 2 amide bonds. The molecule has 2 saturated heterocycles. The maximum atomic E-state index is 13.3. The SMILES string of the molecule is C[C@H]1CC[C@@]2(OC1)O[C@H]1C[C@H]3[C@@H]4CC[C@@H]5C[C@@H](O)CC(NC(=O)NC6CCCCC6)[C@]5(C)[C@H]4CC[C@]3(C)[C@H]1[C@@H]2C. The molecule has 0 aromatic carbocycles. The standard InChI is InChI=1S/C34H56N2O4/c1-20-12-15-34(39-19-20)21(2)30-28(40-34)18-27-25-11-10-22-16-24(37)17-29(33(22,4)26(25)13-14-32(27,30)3)36-31(38)35-23-8-6-5-7-9-23/h20-30,37H,5-19H2,1-4H3,(H2,35,36,38)/t20-,21-,22+,24+,25+,26-,27-,28-,29?,30-,32-,33-,34+/m0/s1. The van der Waals surface area contributed by atoms with E-state index in [1.54, 1.807) is 0 Å². The topological polar surface area (TPSA) is 79.8 Å². The van der Waals surface area contributed by atoms with Gasteiger partial charge in [-0.25, -0.2) is 4.79 Å². The Morgan fingerprint density at radius 3 is 2.42 bits per heavy atom. The van der Waals surface area contributed by atoms with Crippen LogP contribution in [0.3, 0.4) is 0 Å². The summed E-state index contributed by atoms with van der Waals surface area (Å²) in [6.07, 6.45) is 15.9. The molecule has 3 N–H and O–H groups in total. The van der Waals surface area contributed by atoms with Crippen molar-refractivity contribution >= 4 is 6.03 Å². The Kier molecular flexibility index (Phi) is 7.07. The van der Waals surface area contributed by atoms with E-state index in [9.17, 15) is 9.90 Å². The van der Waals surface area contributed by atoms with Crippen LogP contribution < -0.4 is 10.6 Å². The van der Waals surface area contributed by atoms with Crippen LogP contribution in [-0.4, -0.2) is 47.8 Å². The molecule has 2 aliphatic heterocycles. The minimum absolute atomic E-state index is 0.00142. The summed E-state index contributed by atoms with van der Waals surface area (Å²) in [5, 5.41) is 17.7. The van der Waals surface area contributed by atoms with Crippen LogP contribution in [0.15, 0.2) is 0 Å². The van der Waals surface area contributed by atoms with E-state index >= 15 is 0 Å². The van der Waals surface area contributed by atoms with Crippen LogP contribution in [0.4, 0.5) is 4.79 Å². The smallest absolute Gasteiger partial charge is 0.315 e. The van der Waals surface area contributed by atoms with Gasteiger partial charge >= 0.3 is 6.03 Å². The van der Waals surface area contributed by atoms with Gasteiger partial charge in [-0.2, -0.15) is 0 Å². The van der Waals surface area contributed by atoms with Gasteiger partial charge in [0.1, 0.15) is 0 Å². The molecular formula is C34H56N2O4. The first kappa shape index (κ1) is 28.0. The fourth-order valence-corrected chi connectivity index (χ4v) is 12.2. The molecule has 7 rings (SSSR count). The van der Waals surface area contributed by atoms with Crippen LogP contribution in [0.2, 0.25) is 0 Å². The van der Waals surface area contributed by atoms with Gasteiger partial charge in [0.15, 0.2) is 5.79 Å². The van der Waals surface area contributed by atoms with Crippen LogP contribution in [0.1, 0.15) is 118 Å². The Balaban J connectivity index is 1.10.